The maximum atomic E-state index is 11.7. The smallest absolute Gasteiger partial charge is 0.239 e. The molecule has 4 nitrogen and oxygen atoms in total. The molecule has 2 heterocycles. The molecule has 1 amide bonds. The molecule has 0 saturated carbocycles. The zero-order valence-corrected chi connectivity index (χ0v) is 9.56. The molecular formula is C12H18N2O2. The van der Waals surface area contributed by atoms with Gasteiger partial charge in [-0.1, -0.05) is 0 Å². The van der Waals surface area contributed by atoms with Gasteiger partial charge in [0, 0.05) is 19.0 Å². The van der Waals surface area contributed by atoms with Crippen molar-refractivity contribution in [1.82, 2.24) is 4.90 Å². The molecular weight excluding hydrogens is 204 g/mol. The number of likely N-dealkylation sites (tertiary alicyclic amines) is 1. The van der Waals surface area contributed by atoms with Gasteiger partial charge in [0.25, 0.3) is 0 Å². The SMILES string of the molecule is CC(CCc1ccco1)N1CCC(N)C1=O. The van der Waals surface area contributed by atoms with Crippen molar-refractivity contribution >= 4 is 5.91 Å². The van der Waals surface area contributed by atoms with Crippen LogP contribution in [0.4, 0.5) is 0 Å². The fraction of sp³-hybridized carbons (Fsp3) is 0.583. The van der Waals surface area contributed by atoms with E-state index in [1.165, 1.54) is 0 Å². The molecule has 1 aliphatic heterocycles. The van der Waals surface area contributed by atoms with Crippen LogP contribution in [0.15, 0.2) is 22.8 Å². The first-order valence-corrected chi connectivity index (χ1v) is 5.77. The summed E-state index contributed by atoms with van der Waals surface area (Å²) in [4.78, 5) is 13.6. The van der Waals surface area contributed by atoms with E-state index in [0.717, 1.165) is 31.6 Å². The highest BCUT2D eigenvalue weighted by molar-refractivity contribution is 5.83. The molecule has 0 aromatic carbocycles. The molecule has 1 fully saturated rings. The minimum Gasteiger partial charge on any atom is -0.469 e. The van der Waals surface area contributed by atoms with Crippen LogP contribution in [0, 0.1) is 0 Å². The van der Waals surface area contributed by atoms with E-state index in [1.54, 1.807) is 6.26 Å². The minimum atomic E-state index is -0.286. The van der Waals surface area contributed by atoms with Gasteiger partial charge in [-0.25, -0.2) is 0 Å². The Labute approximate surface area is 95.4 Å². The van der Waals surface area contributed by atoms with Gasteiger partial charge in [-0.15, -0.1) is 0 Å². The number of carbonyl (C=O) groups is 1. The maximum absolute atomic E-state index is 11.7. The zero-order chi connectivity index (χ0) is 11.5. The first-order chi connectivity index (χ1) is 7.68. The van der Waals surface area contributed by atoms with E-state index in [2.05, 4.69) is 6.92 Å². The second kappa shape index (κ2) is 4.70. The zero-order valence-electron chi connectivity index (χ0n) is 9.56. The number of furan rings is 1. The summed E-state index contributed by atoms with van der Waals surface area (Å²) in [5.41, 5.74) is 5.69. The summed E-state index contributed by atoms with van der Waals surface area (Å²) >= 11 is 0. The molecule has 0 aliphatic carbocycles. The van der Waals surface area contributed by atoms with Crippen molar-refractivity contribution in [2.45, 2.75) is 38.3 Å². The van der Waals surface area contributed by atoms with Gasteiger partial charge in [-0.2, -0.15) is 0 Å². The number of hydrogen-bond donors (Lipinski definition) is 1. The lowest BCUT2D eigenvalue weighted by molar-refractivity contribution is -0.130. The summed E-state index contributed by atoms with van der Waals surface area (Å²) in [6.07, 6.45) is 4.25. The summed E-state index contributed by atoms with van der Waals surface area (Å²) in [7, 11) is 0. The van der Waals surface area contributed by atoms with Gasteiger partial charge in [0.05, 0.1) is 12.3 Å². The molecule has 0 bridgehead atoms. The predicted molar refractivity (Wildman–Crippen MR) is 60.8 cm³/mol. The van der Waals surface area contributed by atoms with Gasteiger partial charge >= 0.3 is 0 Å². The predicted octanol–water partition coefficient (Wildman–Crippen LogP) is 1.16. The molecule has 1 aromatic rings. The van der Waals surface area contributed by atoms with Crippen molar-refractivity contribution in [2.75, 3.05) is 6.54 Å². The molecule has 16 heavy (non-hydrogen) atoms. The van der Waals surface area contributed by atoms with E-state index in [9.17, 15) is 4.79 Å². The molecule has 88 valence electrons. The molecule has 2 atom stereocenters. The van der Waals surface area contributed by atoms with Crippen molar-refractivity contribution in [1.29, 1.82) is 0 Å². The molecule has 0 spiro atoms. The van der Waals surface area contributed by atoms with E-state index < -0.39 is 0 Å². The summed E-state index contributed by atoms with van der Waals surface area (Å²) in [6.45, 7) is 2.86. The third kappa shape index (κ3) is 2.27. The van der Waals surface area contributed by atoms with Crippen molar-refractivity contribution in [2.24, 2.45) is 5.73 Å². The van der Waals surface area contributed by atoms with Crippen LogP contribution in [-0.4, -0.2) is 29.4 Å². The van der Waals surface area contributed by atoms with Crippen molar-refractivity contribution < 1.29 is 9.21 Å². The largest absolute Gasteiger partial charge is 0.469 e. The summed E-state index contributed by atoms with van der Waals surface area (Å²) < 4.78 is 5.27. The first kappa shape index (κ1) is 11.2. The number of hydrogen-bond acceptors (Lipinski definition) is 3. The normalized spacial score (nSPS) is 22.8. The average molecular weight is 222 g/mol. The van der Waals surface area contributed by atoms with Crippen molar-refractivity contribution in [3.63, 3.8) is 0 Å². The highest BCUT2D eigenvalue weighted by Crippen LogP contribution is 2.16. The fourth-order valence-corrected chi connectivity index (χ4v) is 2.12. The van der Waals surface area contributed by atoms with E-state index in [-0.39, 0.29) is 18.0 Å². The second-order valence-corrected chi connectivity index (χ2v) is 4.39. The number of aryl methyl sites for hydroxylation is 1. The molecule has 0 radical (unpaired) electrons. The molecule has 1 aliphatic rings. The first-order valence-electron chi connectivity index (χ1n) is 5.77. The van der Waals surface area contributed by atoms with E-state index in [0.29, 0.717) is 0 Å². The van der Waals surface area contributed by atoms with Crippen LogP contribution in [0.1, 0.15) is 25.5 Å². The lowest BCUT2D eigenvalue weighted by Gasteiger charge is -2.24. The quantitative estimate of drug-likeness (QED) is 0.831. The van der Waals surface area contributed by atoms with Gasteiger partial charge in [0.15, 0.2) is 0 Å². The monoisotopic (exact) mass is 222 g/mol. The Balaban J connectivity index is 1.84. The molecule has 1 aromatic heterocycles. The number of carbonyl (C=O) groups excluding carboxylic acids is 1. The summed E-state index contributed by atoms with van der Waals surface area (Å²) in [6, 6.07) is 3.80. The Morgan fingerprint density at radius 1 is 1.69 bits per heavy atom. The van der Waals surface area contributed by atoms with Gasteiger partial charge < -0.3 is 15.1 Å². The van der Waals surface area contributed by atoms with Crippen LogP contribution >= 0.6 is 0 Å². The summed E-state index contributed by atoms with van der Waals surface area (Å²) in [5.74, 6) is 1.06. The molecule has 2 unspecified atom stereocenters. The van der Waals surface area contributed by atoms with Crippen LogP contribution in [-0.2, 0) is 11.2 Å². The van der Waals surface area contributed by atoms with E-state index in [4.69, 9.17) is 10.2 Å². The number of nitrogens with zero attached hydrogens (tertiary/aromatic N) is 1. The molecule has 4 heteroatoms. The lowest BCUT2D eigenvalue weighted by atomic mass is 10.1. The lowest BCUT2D eigenvalue weighted by Crippen LogP contribution is -2.39. The Bertz CT molecular complexity index is 348. The fourth-order valence-electron chi connectivity index (χ4n) is 2.12. The molecule has 1 saturated heterocycles. The molecule has 2 rings (SSSR count). The van der Waals surface area contributed by atoms with Crippen LogP contribution in [0.2, 0.25) is 0 Å². The van der Waals surface area contributed by atoms with Crippen LogP contribution in [0.5, 0.6) is 0 Å². The number of nitrogens with two attached hydrogens (primary N) is 1. The van der Waals surface area contributed by atoms with Gasteiger partial charge in [0.2, 0.25) is 5.91 Å². The standard InChI is InChI=1S/C12H18N2O2/c1-9(4-5-10-3-2-8-16-10)14-7-6-11(13)12(14)15/h2-3,8-9,11H,4-7,13H2,1H3. The topological polar surface area (TPSA) is 59.5 Å². The van der Waals surface area contributed by atoms with Gasteiger partial charge in [0.1, 0.15) is 5.76 Å². The van der Waals surface area contributed by atoms with E-state index >= 15 is 0 Å². The Morgan fingerprint density at radius 2 is 2.50 bits per heavy atom. The van der Waals surface area contributed by atoms with Crippen molar-refractivity contribution in [3.05, 3.63) is 24.2 Å². The highest BCUT2D eigenvalue weighted by Gasteiger charge is 2.31. The van der Waals surface area contributed by atoms with Gasteiger partial charge in [-0.3, -0.25) is 4.79 Å². The Morgan fingerprint density at radius 3 is 3.06 bits per heavy atom. The minimum absolute atomic E-state index is 0.0898. The Hall–Kier alpha value is -1.29. The third-order valence-electron chi connectivity index (χ3n) is 3.20. The summed E-state index contributed by atoms with van der Waals surface area (Å²) in [5, 5.41) is 0. The van der Waals surface area contributed by atoms with E-state index in [1.807, 2.05) is 17.0 Å². The maximum Gasteiger partial charge on any atom is 0.239 e. The average Bonchev–Trinajstić information content (AvgIpc) is 2.88. The van der Waals surface area contributed by atoms with Crippen LogP contribution < -0.4 is 5.73 Å². The van der Waals surface area contributed by atoms with Crippen LogP contribution in [0.25, 0.3) is 0 Å². The second-order valence-electron chi connectivity index (χ2n) is 4.39. The Kier molecular flexibility index (Phi) is 3.29. The van der Waals surface area contributed by atoms with Crippen LogP contribution in [0.3, 0.4) is 0 Å². The third-order valence-corrected chi connectivity index (χ3v) is 3.20. The molecule has 2 N–H and O–H groups in total. The van der Waals surface area contributed by atoms with Crippen molar-refractivity contribution in [3.8, 4) is 0 Å². The highest BCUT2D eigenvalue weighted by atomic mass is 16.3. The number of rotatable bonds is 4. The van der Waals surface area contributed by atoms with Gasteiger partial charge in [-0.05, 0) is 31.9 Å². The number of amides is 1.